The second-order valence-electron chi connectivity index (χ2n) is 5.09. The first-order chi connectivity index (χ1) is 10.6. The quantitative estimate of drug-likeness (QED) is 0.732. The highest BCUT2D eigenvalue weighted by Gasteiger charge is 2.27. The van der Waals surface area contributed by atoms with E-state index in [2.05, 4.69) is 0 Å². The van der Waals surface area contributed by atoms with E-state index in [4.69, 9.17) is 10.2 Å². The summed E-state index contributed by atoms with van der Waals surface area (Å²) in [6.07, 6.45) is 4.68. The first-order valence-electron chi connectivity index (χ1n) is 7.25. The maximum atomic E-state index is 11.9. The van der Waals surface area contributed by atoms with E-state index >= 15 is 0 Å². The lowest BCUT2D eigenvalue weighted by atomic mass is 10.1. The number of rotatable bonds is 7. The van der Waals surface area contributed by atoms with Gasteiger partial charge >= 0.3 is 5.97 Å². The molecule has 22 heavy (non-hydrogen) atoms. The number of nitrogens with zero attached hydrogens (tertiary/aromatic N) is 2. The fourth-order valence-electron chi connectivity index (χ4n) is 2.41. The van der Waals surface area contributed by atoms with Crippen LogP contribution in [0.3, 0.4) is 0 Å². The van der Waals surface area contributed by atoms with Gasteiger partial charge in [0, 0.05) is 26.1 Å². The van der Waals surface area contributed by atoms with Gasteiger partial charge in [-0.25, -0.2) is 9.80 Å². The predicted molar refractivity (Wildman–Crippen MR) is 81.2 cm³/mol. The molecular weight excluding hydrogens is 284 g/mol. The Balaban J connectivity index is 1.91. The van der Waals surface area contributed by atoms with Gasteiger partial charge in [0.15, 0.2) is 0 Å². The van der Waals surface area contributed by atoms with Gasteiger partial charge in [0.25, 0.3) is 0 Å². The maximum absolute atomic E-state index is 11.9. The van der Waals surface area contributed by atoms with Crippen LogP contribution in [-0.2, 0) is 11.2 Å². The van der Waals surface area contributed by atoms with Gasteiger partial charge in [-0.1, -0.05) is 24.3 Å². The molecule has 0 unspecified atom stereocenters. The summed E-state index contributed by atoms with van der Waals surface area (Å²) in [6, 6.07) is 6.70. The van der Waals surface area contributed by atoms with Crippen molar-refractivity contribution in [3.8, 4) is 0 Å². The number of carboxylic acids is 1. The molecule has 0 bridgehead atoms. The average Bonchev–Trinajstić information content (AvgIpc) is 2.86. The van der Waals surface area contributed by atoms with Crippen LogP contribution in [0.2, 0.25) is 0 Å². The Morgan fingerprint density at radius 1 is 1.23 bits per heavy atom. The molecule has 1 aliphatic rings. The molecule has 1 aromatic carbocycles. The van der Waals surface area contributed by atoms with Crippen LogP contribution in [0.5, 0.6) is 0 Å². The third-order valence-electron chi connectivity index (χ3n) is 3.61. The predicted octanol–water partition coefficient (Wildman–Crippen LogP) is 0.925. The zero-order chi connectivity index (χ0) is 15.9. The number of aliphatic hydroxyl groups excluding tert-OH is 1. The molecule has 118 valence electrons. The van der Waals surface area contributed by atoms with Crippen molar-refractivity contribution in [2.75, 3.05) is 26.2 Å². The number of amides is 1. The molecule has 0 aromatic heterocycles. The maximum Gasteiger partial charge on any atom is 0.335 e. The lowest BCUT2D eigenvalue weighted by molar-refractivity contribution is -0.137. The highest BCUT2D eigenvalue weighted by molar-refractivity contribution is 5.87. The fraction of sp³-hybridized carbons (Fsp3) is 0.375. The van der Waals surface area contributed by atoms with E-state index in [0.29, 0.717) is 32.5 Å². The van der Waals surface area contributed by atoms with E-state index in [0.717, 1.165) is 5.56 Å². The van der Waals surface area contributed by atoms with Crippen molar-refractivity contribution < 1.29 is 19.8 Å². The summed E-state index contributed by atoms with van der Waals surface area (Å²) in [5.41, 5.74) is 1.26. The number of hydrazine groups is 1. The molecule has 6 nitrogen and oxygen atoms in total. The highest BCUT2D eigenvalue weighted by Crippen LogP contribution is 2.14. The van der Waals surface area contributed by atoms with E-state index in [-0.39, 0.29) is 18.1 Å². The van der Waals surface area contributed by atoms with Crippen LogP contribution in [0.15, 0.2) is 36.4 Å². The summed E-state index contributed by atoms with van der Waals surface area (Å²) in [6.45, 7) is 1.85. The number of hydrogen-bond acceptors (Lipinski definition) is 4. The van der Waals surface area contributed by atoms with Crippen LogP contribution >= 0.6 is 0 Å². The molecule has 1 aliphatic heterocycles. The van der Waals surface area contributed by atoms with Crippen molar-refractivity contribution in [3.05, 3.63) is 47.5 Å². The third-order valence-corrected chi connectivity index (χ3v) is 3.61. The van der Waals surface area contributed by atoms with Crippen molar-refractivity contribution in [1.82, 2.24) is 10.0 Å². The number of carboxylic acid groups (broad SMARTS) is 1. The fourth-order valence-corrected chi connectivity index (χ4v) is 2.41. The summed E-state index contributed by atoms with van der Waals surface area (Å²) in [7, 11) is 0. The molecule has 1 saturated heterocycles. The summed E-state index contributed by atoms with van der Waals surface area (Å²) >= 11 is 0. The zero-order valence-electron chi connectivity index (χ0n) is 12.3. The van der Waals surface area contributed by atoms with E-state index in [1.54, 1.807) is 35.4 Å². The lowest BCUT2D eigenvalue weighted by Crippen LogP contribution is -2.40. The van der Waals surface area contributed by atoms with Gasteiger partial charge in [-0.3, -0.25) is 9.80 Å². The van der Waals surface area contributed by atoms with Gasteiger partial charge in [-0.05, 0) is 24.1 Å². The van der Waals surface area contributed by atoms with E-state index in [9.17, 15) is 9.59 Å². The highest BCUT2D eigenvalue weighted by atomic mass is 16.4. The molecule has 0 spiro atoms. The largest absolute Gasteiger partial charge is 0.478 e. The molecule has 1 heterocycles. The Hall–Kier alpha value is -2.18. The Bertz CT molecular complexity index is 554. The summed E-state index contributed by atoms with van der Waals surface area (Å²) < 4.78 is 0. The van der Waals surface area contributed by atoms with E-state index in [1.807, 2.05) is 11.1 Å². The first kappa shape index (κ1) is 16.2. The standard InChI is InChI=1S/C16H20N2O4/c19-12-2-1-9-17-10-8-15(20)18(17)11-7-13-3-5-14(6-4-13)16(21)22/h1-6,19H,7-12H2,(H,21,22)/b2-1-. The second-order valence-corrected chi connectivity index (χ2v) is 5.09. The summed E-state index contributed by atoms with van der Waals surface area (Å²) in [5.74, 6) is -0.845. The lowest BCUT2D eigenvalue weighted by Gasteiger charge is -2.27. The molecule has 1 fully saturated rings. The van der Waals surface area contributed by atoms with E-state index in [1.165, 1.54) is 0 Å². The SMILES string of the molecule is O=C(O)c1ccc(CCN2C(=O)CCN2C/C=C\CO)cc1. The Morgan fingerprint density at radius 3 is 2.59 bits per heavy atom. The van der Waals surface area contributed by atoms with Gasteiger partial charge in [0.05, 0.1) is 12.2 Å². The van der Waals surface area contributed by atoms with Gasteiger partial charge in [0.1, 0.15) is 0 Å². The second kappa shape index (κ2) is 7.72. The topological polar surface area (TPSA) is 81.1 Å². The van der Waals surface area contributed by atoms with Crippen molar-refractivity contribution >= 4 is 11.9 Å². The van der Waals surface area contributed by atoms with Crippen LogP contribution in [0.25, 0.3) is 0 Å². The average molecular weight is 304 g/mol. The molecule has 2 N–H and O–H groups in total. The van der Waals surface area contributed by atoms with Crippen molar-refractivity contribution in [3.63, 3.8) is 0 Å². The minimum Gasteiger partial charge on any atom is -0.478 e. The minimum absolute atomic E-state index is 0.00227. The van der Waals surface area contributed by atoms with Crippen molar-refractivity contribution in [2.24, 2.45) is 0 Å². The number of carbonyl (C=O) groups excluding carboxylic acids is 1. The smallest absolute Gasteiger partial charge is 0.335 e. The van der Waals surface area contributed by atoms with Crippen molar-refractivity contribution in [2.45, 2.75) is 12.8 Å². The van der Waals surface area contributed by atoms with Crippen LogP contribution < -0.4 is 0 Å². The van der Waals surface area contributed by atoms with Crippen molar-refractivity contribution in [1.29, 1.82) is 0 Å². The van der Waals surface area contributed by atoms with Gasteiger partial charge in [-0.2, -0.15) is 0 Å². The van der Waals surface area contributed by atoms with Crippen LogP contribution in [0.1, 0.15) is 22.3 Å². The molecular formula is C16H20N2O4. The molecule has 0 saturated carbocycles. The molecule has 2 rings (SSSR count). The number of benzene rings is 1. The Kier molecular flexibility index (Phi) is 5.68. The zero-order valence-corrected chi connectivity index (χ0v) is 12.3. The summed E-state index contributed by atoms with van der Waals surface area (Å²) in [4.78, 5) is 22.7. The number of hydrogen-bond donors (Lipinski definition) is 2. The monoisotopic (exact) mass is 304 g/mol. The number of aromatic carboxylic acids is 1. The van der Waals surface area contributed by atoms with Crippen LogP contribution in [0, 0.1) is 0 Å². The number of aliphatic hydroxyl groups is 1. The normalized spacial score (nSPS) is 15.9. The molecule has 0 aliphatic carbocycles. The van der Waals surface area contributed by atoms with E-state index < -0.39 is 5.97 Å². The summed E-state index contributed by atoms with van der Waals surface area (Å²) in [5, 5.41) is 21.3. The Morgan fingerprint density at radius 2 is 1.95 bits per heavy atom. The Labute approximate surface area is 129 Å². The number of carbonyl (C=O) groups is 2. The molecule has 1 amide bonds. The molecule has 0 atom stereocenters. The first-order valence-corrected chi connectivity index (χ1v) is 7.25. The molecule has 0 radical (unpaired) electrons. The molecule has 6 heteroatoms. The van der Waals surface area contributed by atoms with Crippen LogP contribution in [0.4, 0.5) is 0 Å². The minimum atomic E-state index is -0.942. The van der Waals surface area contributed by atoms with Gasteiger partial charge in [0.2, 0.25) is 5.91 Å². The van der Waals surface area contributed by atoms with Crippen LogP contribution in [-0.4, -0.2) is 58.3 Å². The third kappa shape index (κ3) is 4.16. The van der Waals surface area contributed by atoms with Gasteiger partial charge < -0.3 is 10.2 Å². The molecule has 1 aromatic rings. The van der Waals surface area contributed by atoms with Gasteiger partial charge in [-0.15, -0.1) is 0 Å².